The number of nitrogens with zero attached hydrogens (tertiary/aromatic N) is 2. The van der Waals surface area contributed by atoms with Crippen LogP contribution in [0.15, 0.2) is 4.47 Å². The number of hydrogen-bond donors (Lipinski definition) is 1. The summed E-state index contributed by atoms with van der Waals surface area (Å²) >= 11 is 3.67. The summed E-state index contributed by atoms with van der Waals surface area (Å²) in [5.74, 6) is 1.33. The highest BCUT2D eigenvalue weighted by Gasteiger charge is 2.23. The van der Waals surface area contributed by atoms with E-state index in [1.807, 2.05) is 18.7 Å². The van der Waals surface area contributed by atoms with Gasteiger partial charge in [0.05, 0.1) is 15.9 Å². The van der Waals surface area contributed by atoms with Gasteiger partial charge in [-0.25, -0.2) is 0 Å². The van der Waals surface area contributed by atoms with E-state index in [0.29, 0.717) is 17.9 Å². The Kier molecular flexibility index (Phi) is 6.54. The lowest BCUT2D eigenvalue weighted by Gasteiger charge is -2.28. The van der Waals surface area contributed by atoms with E-state index in [0.717, 1.165) is 23.1 Å². The van der Waals surface area contributed by atoms with Gasteiger partial charge in [0, 0.05) is 19.5 Å². The highest BCUT2D eigenvalue weighted by atomic mass is 79.9. The van der Waals surface area contributed by atoms with E-state index < -0.39 is 0 Å². The average molecular weight is 330 g/mol. The van der Waals surface area contributed by atoms with Gasteiger partial charge in [-0.15, -0.1) is 0 Å². The van der Waals surface area contributed by atoms with Crippen LogP contribution in [0, 0.1) is 18.8 Å². The summed E-state index contributed by atoms with van der Waals surface area (Å²) in [6, 6.07) is 0.506. The molecule has 0 bridgehead atoms. The summed E-state index contributed by atoms with van der Waals surface area (Å²) < 4.78 is 3.17. The van der Waals surface area contributed by atoms with E-state index >= 15 is 0 Å². The first-order valence-electron chi connectivity index (χ1n) is 7.29. The van der Waals surface area contributed by atoms with Gasteiger partial charge >= 0.3 is 0 Å². The molecule has 3 nitrogen and oxygen atoms in total. The van der Waals surface area contributed by atoms with Crippen LogP contribution in [0.5, 0.6) is 0 Å². The molecule has 2 unspecified atom stereocenters. The molecule has 1 aromatic heterocycles. The Morgan fingerprint density at radius 2 is 1.95 bits per heavy atom. The van der Waals surface area contributed by atoms with Crippen molar-refractivity contribution in [1.29, 1.82) is 0 Å². The van der Waals surface area contributed by atoms with E-state index in [1.165, 1.54) is 12.1 Å². The van der Waals surface area contributed by atoms with Gasteiger partial charge in [0.25, 0.3) is 0 Å². The molecule has 0 amide bonds. The van der Waals surface area contributed by atoms with Gasteiger partial charge in [0.15, 0.2) is 0 Å². The third-order valence-electron chi connectivity index (χ3n) is 4.02. The van der Waals surface area contributed by atoms with Crippen LogP contribution >= 0.6 is 15.9 Å². The average Bonchev–Trinajstić information content (AvgIpc) is 2.59. The highest BCUT2D eigenvalue weighted by molar-refractivity contribution is 9.10. The lowest BCUT2D eigenvalue weighted by atomic mass is 9.87. The van der Waals surface area contributed by atoms with Gasteiger partial charge in [0.1, 0.15) is 0 Å². The van der Waals surface area contributed by atoms with Crippen molar-refractivity contribution in [2.24, 2.45) is 18.9 Å². The van der Waals surface area contributed by atoms with Crippen LogP contribution in [0.4, 0.5) is 0 Å². The molecule has 1 aromatic rings. The predicted molar refractivity (Wildman–Crippen MR) is 85.4 cm³/mol. The molecule has 0 aliphatic heterocycles. The third kappa shape index (κ3) is 4.32. The van der Waals surface area contributed by atoms with E-state index in [-0.39, 0.29) is 0 Å². The van der Waals surface area contributed by atoms with Gasteiger partial charge in [-0.3, -0.25) is 4.68 Å². The Labute approximate surface area is 126 Å². The molecule has 0 saturated heterocycles. The van der Waals surface area contributed by atoms with Crippen molar-refractivity contribution in [3.63, 3.8) is 0 Å². The van der Waals surface area contributed by atoms with Gasteiger partial charge < -0.3 is 5.32 Å². The molecule has 19 heavy (non-hydrogen) atoms. The minimum atomic E-state index is 0.506. The Balaban J connectivity index is 2.87. The molecule has 1 N–H and O–H groups in total. The first-order chi connectivity index (χ1) is 8.88. The minimum absolute atomic E-state index is 0.506. The SMILES string of the molecule is CCCNC(Cc1c(Br)c(C)nn1C)C(C)C(C)C. The predicted octanol–water partition coefficient (Wildman–Crippen LogP) is 3.69. The van der Waals surface area contributed by atoms with Crippen molar-refractivity contribution in [2.75, 3.05) is 6.54 Å². The molecule has 2 atom stereocenters. The Morgan fingerprint density at radius 3 is 2.37 bits per heavy atom. The number of rotatable bonds is 7. The first kappa shape index (κ1) is 16.7. The summed E-state index contributed by atoms with van der Waals surface area (Å²) in [5, 5.41) is 8.19. The standard InChI is InChI=1S/C15H28BrN3/c1-7-8-17-13(11(4)10(2)3)9-14-15(16)12(5)18-19(14)6/h10-11,13,17H,7-9H2,1-6H3. The number of aryl methyl sites for hydroxylation is 2. The fraction of sp³-hybridized carbons (Fsp3) is 0.800. The monoisotopic (exact) mass is 329 g/mol. The molecule has 0 aliphatic rings. The van der Waals surface area contributed by atoms with Crippen LogP contribution in [0.3, 0.4) is 0 Å². The Morgan fingerprint density at radius 1 is 1.32 bits per heavy atom. The van der Waals surface area contributed by atoms with Crippen molar-refractivity contribution in [3.05, 3.63) is 15.9 Å². The normalized spacial score (nSPS) is 14.9. The molecular weight excluding hydrogens is 302 g/mol. The second kappa shape index (κ2) is 7.44. The first-order valence-corrected chi connectivity index (χ1v) is 8.09. The largest absolute Gasteiger partial charge is 0.313 e. The minimum Gasteiger partial charge on any atom is -0.313 e. The fourth-order valence-corrected chi connectivity index (χ4v) is 2.85. The molecule has 0 aromatic carbocycles. The third-order valence-corrected chi connectivity index (χ3v) is 5.05. The van der Waals surface area contributed by atoms with Crippen LogP contribution in [0.2, 0.25) is 0 Å². The van der Waals surface area contributed by atoms with Crippen molar-refractivity contribution in [3.8, 4) is 0 Å². The van der Waals surface area contributed by atoms with Crippen LogP contribution in [0.1, 0.15) is 45.5 Å². The van der Waals surface area contributed by atoms with E-state index in [4.69, 9.17) is 0 Å². The molecule has 110 valence electrons. The number of nitrogens with one attached hydrogen (secondary N) is 1. The molecule has 0 saturated carbocycles. The number of hydrogen-bond acceptors (Lipinski definition) is 2. The zero-order chi connectivity index (χ0) is 14.6. The summed E-state index contributed by atoms with van der Waals surface area (Å²) in [7, 11) is 2.03. The van der Waals surface area contributed by atoms with Gasteiger partial charge in [-0.1, -0.05) is 27.7 Å². The van der Waals surface area contributed by atoms with Crippen molar-refractivity contribution >= 4 is 15.9 Å². The lowest BCUT2D eigenvalue weighted by Crippen LogP contribution is -2.40. The molecular formula is C15H28BrN3. The number of aromatic nitrogens is 2. The second-order valence-corrected chi connectivity index (χ2v) is 6.63. The van der Waals surface area contributed by atoms with Gasteiger partial charge in [-0.05, 0) is 47.7 Å². The molecule has 0 spiro atoms. The topological polar surface area (TPSA) is 29.9 Å². The van der Waals surface area contributed by atoms with Gasteiger partial charge in [0.2, 0.25) is 0 Å². The summed E-state index contributed by atoms with van der Waals surface area (Å²) in [5.41, 5.74) is 2.36. The van der Waals surface area contributed by atoms with E-state index in [1.54, 1.807) is 0 Å². The Hall–Kier alpha value is -0.350. The van der Waals surface area contributed by atoms with Crippen LogP contribution < -0.4 is 5.32 Å². The fourth-order valence-electron chi connectivity index (χ4n) is 2.35. The number of halogens is 1. The molecule has 1 rings (SSSR count). The highest BCUT2D eigenvalue weighted by Crippen LogP contribution is 2.25. The zero-order valence-electron chi connectivity index (χ0n) is 13.1. The maximum Gasteiger partial charge on any atom is 0.0738 e. The summed E-state index contributed by atoms with van der Waals surface area (Å²) in [6.07, 6.45) is 2.20. The summed E-state index contributed by atoms with van der Waals surface area (Å²) in [6.45, 7) is 12.3. The maximum absolute atomic E-state index is 4.49. The van der Waals surface area contributed by atoms with E-state index in [2.05, 4.69) is 54.0 Å². The zero-order valence-corrected chi connectivity index (χ0v) is 14.7. The van der Waals surface area contributed by atoms with Crippen molar-refractivity contribution < 1.29 is 0 Å². The van der Waals surface area contributed by atoms with Gasteiger partial charge in [-0.2, -0.15) is 5.10 Å². The quantitative estimate of drug-likeness (QED) is 0.826. The van der Waals surface area contributed by atoms with Crippen molar-refractivity contribution in [1.82, 2.24) is 15.1 Å². The van der Waals surface area contributed by atoms with E-state index in [9.17, 15) is 0 Å². The molecule has 0 fully saturated rings. The molecule has 4 heteroatoms. The van der Waals surface area contributed by atoms with Crippen LogP contribution in [-0.2, 0) is 13.5 Å². The second-order valence-electron chi connectivity index (χ2n) is 5.84. The smallest absolute Gasteiger partial charge is 0.0738 e. The van der Waals surface area contributed by atoms with Crippen molar-refractivity contribution in [2.45, 2.75) is 53.5 Å². The van der Waals surface area contributed by atoms with Crippen LogP contribution in [-0.4, -0.2) is 22.4 Å². The Bertz CT molecular complexity index is 398. The lowest BCUT2D eigenvalue weighted by molar-refractivity contribution is 0.293. The van der Waals surface area contributed by atoms with Crippen LogP contribution in [0.25, 0.3) is 0 Å². The molecule has 1 heterocycles. The maximum atomic E-state index is 4.49. The molecule has 0 aliphatic carbocycles. The molecule has 0 radical (unpaired) electrons. The summed E-state index contributed by atoms with van der Waals surface area (Å²) in [4.78, 5) is 0.